The Balaban J connectivity index is 1.38. The summed E-state index contributed by atoms with van der Waals surface area (Å²) in [5, 5.41) is 10.1. The van der Waals surface area contributed by atoms with Crippen LogP contribution in [0.1, 0.15) is 0 Å². The molecule has 0 N–H and O–H groups in total. The molecule has 0 unspecified atom stereocenters. The lowest BCUT2D eigenvalue weighted by Gasteiger charge is -2.27. The van der Waals surface area contributed by atoms with Gasteiger partial charge in [-0.3, -0.25) is 0 Å². The third kappa shape index (κ3) is 4.00. The number of hydrogen-bond donors (Lipinski definition) is 0. The Bertz CT molecular complexity index is 2430. The number of anilines is 3. The largest absolute Gasteiger partial charge is 0.310 e. The number of nitrogens with zero attached hydrogens (tertiary/aromatic N) is 1. The summed E-state index contributed by atoms with van der Waals surface area (Å²) in [5.74, 6) is 0. The second-order valence-corrected chi connectivity index (χ2v) is 12.4. The van der Waals surface area contributed by atoms with Crippen LogP contribution in [0.4, 0.5) is 17.1 Å². The van der Waals surface area contributed by atoms with Crippen LogP contribution >= 0.6 is 11.3 Å². The highest BCUT2D eigenvalue weighted by Gasteiger charge is 2.21. The molecular weight excluding hydrogens is 551 g/mol. The maximum Gasteiger partial charge on any atom is 0.0554 e. The molecule has 1 nitrogen and oxygen atoms in total. The van der Waals surface area contributed by atoms with Gasteiger partial charge in [-0.1, -0.05) is 121 Å². The van der Waals surface area contributed by atoms with Crippen molar-refractivity contribution in [3.05, 3.63) is 164 Å². The van der Waals surface area contributed by atoms with Gasteiger partial charge in [0.2, 0.25) is 0 Å². The highest BCUT2D eigenvalue weighted by Crippen LogP contribution is 2.48. The van der Waals surface area contributed by atoms with E-state index in [2.05, 4.69) is 169 Å². The van der Waals surface area contributed by atoms with Crippen molar-refractivity contribution in [1.82, 2.24) is 0 Å². The zero-order chi connectivity index (χ0) is 29.0. The predicted molar refractivity (Wildman–Crippen MR) is 192 cm³/mol. The van der Waals surface area contributed by atoms with E-state index in [1.165, 1.54) is 69.3 Å². The molecule has 9 aromatic rings. The molecule has 9 rings (SSSR count). The highest BCUT2D eigenvalue weighted by molar-refractivity contribution is 7.26. The van der Waals surface area contributed by atoms with E-state index < -0.39 is 0 Å². The van der Waals surface area contributed by atoms with Crippen LogP contribution in [0.5, 0.6) is 0 Å². The fourth-order valence-corrected chi connectivity index (χ4v) is 7.97. The summed E-state index contributed by atoms with van der Waals surface area (Å²) in [6.45, 7) is 0. The number of thiophene rings is 1. The number of fused-ring (bicyclic) bond motifs is 7. The van der Waals surface area contributed by atoms with Gasteiger partial charge < -0.3 is 4.90 Å². The lowest BCUT2D eigenvalue weighted by Crippen LogP contribution is -2.10. The van der Waals surface area contributed by atoms with Crippen molar-refractivity contribution in [2.24, 2.45) is 0 Å². The molecular formula is C42H27NS. The number of benzene rings is 8. The van der Waals surface area contributed by atoms with Crippen LogP contribution in [0.2, 0.25) is 0 Å². The third-order valence-corrected chi connectivity index (χ3v) is 9.99. The van der Waals surface area contributed by atoms with Crippen LogP contribution in [0.3, 0.4) is 0 Å². The Labute approximate surface area is 259 Å². The molecule has 0 aliphatic carbocycles. The zero-order valence-corrected chi connectivity index (χ0v) is 24.8. The molecule has 0 aliphatic heterocycles. The second-order valence-electron chi connectivity index (χ2n) is 11.4. The van der Waals surface area contributed by atoms with Crippen LogP contribution in [0, 0.1) is 0 Å². The van der Waals surface area contributed by atoms with Crippen molar-refractivity contribution in [2.45, 2.75) is 0 Å². The second kappa shape index (κ2) is 10.1. The summed E-state index contributed by atoms with van der Waals surface area (Å²) in [4.78, 5) is 2.45. The van der Waals surface area contributed by atoms with Gasteiger partial charge in [-0.15, -0.1) is 11.3 Å². The number of rotatable bonds is 4. The molecule has 0 saturated heterocycles. The Morgan fingerprint density at radius 2 is 1.00 bits per heavy atom. The summed E-state index contributed by atoms with van der Waals surface area (Å²) in [7, 11) is 0. The van der Waals surface area contributed by atoms with Gasteiger partial charge in [-0.05, 0) is 80.5 Å². The zero-order valence-electron chi connectivity index (χ0n) is 23.9. The molecule has 0 spiro atoms. The predicted octanol–water partition coefficient (Wildman–Crippen LogP) is 12.7. The molecule has 206 valence electrons. The van der Waals surface area contributed by atoms with E-state index in [1.54, 1.807) is 0 Å². The molecule has 8 aromatic carbocycles. The summed E-state index contributed by atoms with van der Waals surface area (Å²) in [6.07, 6.45) is 0. The van der Waals surface area contributed by atoms with Crippen molar-refractivity contribution in [3.8, 4) is 11.1 Å². The SMILES string of the molecule is c1ccc(-c2cc3c(sc4cccc(N(c5ccc6ccccc6c5)c5ccc6ccccc6c5)c43)c3ccccc23)cc1. The minimum Gasteiger partial charge on any atom is -0.310 e. The molecule has 1 heterocycles. The van der Waals surface area contributed by atoms with Crippen LogP contribution < -0.4 is 4.90 Å². The van der Waals surface area contributed by atoms with Crippen molar-refractivity contribution in [2.75, 3.05) is 4.90 Å². The fraction of sp³-hybridized carbons (Fsp3) is 0. The summed E-state index contributed by atoms with van der Waals surface area (Å²) >= 11 is 1.90. The normalized spacial score (nSPS) is 11.6. The van der Waals surface area contributed by atoms with Crippen molar-refractivity contribution < 1.29 is 0 Å². The Morgan fingerprint density at radius 1 is 0.409 bits per heavy atom. The van der Waals surface area contributed by atoms with Gasteiger partial charge >= 0.3 is 0 Å². The molecule has 0 fully saturated rings. The smallest absolute Gasteiger partial charge is 0.0554 e. The standard InChI is InChI=1S/C42H27NS/c1-2-13-30(14-3-1)37-27-38-41-39(19-10-20-40(41)44-42(38)36-18-9-8-17-35(36)37)43(33-23-21-28-11-4-6-15-31(28)25-33)34-24-22-29-12-5-7-16-32(29)26-34/h1-27H. The molecule has 0 bridgehead atoms. The lowest BCUT2D eigenvalue weighted by molar-refractivity contribution is 1.31. The molecule has 1 aromatic heterocycles. The lowest BCUT2D eigenvalue weighted by atomic mass is 9.95. The van der Waals surface area contributed by atoms with Crippen molar-refractivity contribution in [1.29, 1.82) is 0 Å². The van der Waals surface area contributed by atoms with Crippen molar-refractivity contribution in [3.63, 3.8) is 0 Å². The first-order chi connectivity index (χ1) is 21.8. The van der Waals surface area contributed by atoms with Crippen molar-refractivity contribution >= 4 is 80.9 Å². The van der Waals surface area contributed by atoms with Gasteiger partial charge in [0, 0.05) is 36.9 Å². The van der Waals surface area contributed by atoms with Crippen LogP contribution in [-0.4, -0.2) is 0 Å². The van der Waals surface area contributed by atoms with E-state index in [4.69, 9.17) is 0 Å². The summed E-state index contributed by atoms with van der Waals surface area (Å²) < 4.78 is 2.62. The van der Waals surface area contributed by atoms with E-state index in [9.17, 15) is 0 Å². The Kier molecular flexibility index (Phi) is 5.75. The third-order valence-electron chi connectivity index (χ3n) is 8.79. The molecule has 0 saturated carbocycles. The average Bonchev–Trinajstić information content (AvgIpc) is 3.48. The van der Waals surface area contributed by atoms with E-state index in [1.807, 2.05) is 11.3 Å². The molecule has 0 radical (unpaired) electrons. The van der Waals surface area contributed by atoms with Crippen LogP contribution in [0.15, 0.2) is 164 Å². The topological polar surface area (TPSA) is 3.24 Å². The first kappa shape index (κ1) is 25.1. The van der Waals surface area contributed by atoms with E-state index in [-0.39, 0.29) is 0 Å². The molecule has 2 heteroatoms. The van der Waals surface area contributed by atoms with Gasteiger partial charge in [0.25, 0.3) is 0 Å². The van der Waals surface area contributed by atoms with Gasteiger partial charge in [-0.25, -0.2) is 0 Å². The fourth-order valence-electron chi connectivity index (χ4n) is 6.73. The average molecular weight is 578 g/mol. The molecule has 0 amide bonds. The minimum atomic E-state index is 1.15. The Hall–Kier alpha value is -5.44. The molecule has 0 atom stereocenters. The number of hydrogen-bond acceptors (Lipinski definition) is 2. The summed E-state index contributed by atoms with van der Waals surface area (Å²) in [6, 6.07) is 59.7. The van der Waals surface area contributed by atoms with Gasteiger partial charge in [0.15, 0.2) is 0 Å². The van der Waals surface area contributed by atoms with E-state index in [0.717, 1.165) is 11.4 Å². The quantitative estimate of drug-likeness (QED) is 0.201. The van der Waals surface area contributed by atoms with Gasteiger partial charge in [0.1, 0.15) is 0 Å². The minimum absolute atomic E-state index is 1.15. The molecule has 44 heavy (non-hydrogen) atoms. The van der Waals surface area contributed by atoms with Crippen LogP contribution in [0.25, 0.3) is 63.6 Å². The van der Waals surface area contributed by atoms with E-state index >= 15 is 0 Å². The van der Waals surface area contributed by atoms with E-state index in [0.29, 0.717) is 0 Å². The first-order valence-corrected chi connectivity index (χ1v) is 15.8. The maximum absolute atomic E-state index is 2.45. The van der Waals surface area contributed by atoms with Gasteiger partial charge in [0.05, 0.1) is 5.69 Å². The molecule has 0 aliphatic rings. The maximum atomic E-state index is 2.45. The monoisotopic (exact) mass is 577 g/mol. The summed E-state index contributed by atoms with van der Waals surface area (Å²) in [5.41, 5.74) is 5.99. The highest BCUT2D eigenvalue weighted by atomic mass is 32.1. The van der Waals surface area contributed by atoms with Crippen LogP contribution in [-0.2, 0) is 0 Å². The van der Waals surface area contributed by atoms with Gasteiger partial charge in [-0.2, -0.15) is 0 Å². The Morgan fingerprint density at radius 3 is 1.68 bits per heavy atom. The first-order valence-electron chi connectivity index (χ1n) is 15.0.